The number of nitrogens with zero attached hydrogens (tertiary/aromatic N) is 1. The Morgan fingerprint density at radius 3 is 2.71 bits per heavy atom. The Morgan fingerprint density at radius 2 is 2.00 bits per heavy atom. The van der Waals surface area contributed by atoms with Crippen LogP contribution in [0.1, 0.15) is 22.3 Å². The first-order valence-corrected chi connectivity index (χ1v) is 8.17. The molecule has 24 heavy (non-hydrogen) atoms. The number of rotatable bonds is 5. The van der Waals surface area contributed by atoms with Gasteiger partial charge < -0.3 is 9.84 Å². The number of carbonyl (C=O) groups excluding carboxylic acids is 1. The molecule has 0 aromatic heterocycles. The summed E-state index contributed by atoms with van der Waals surface area (Å²) in [5.41, 5.74) is 5.72. The van der Waals surface area contributed by atoms with Crippen molar-refractivity contribution in [3.05, 3.63) is 57.1 Å². The van der Waals surface area contributed by atoms with Gasteiger partial charge in [-0.25, -0.2) is 5.43 Å². The number of amides is 1. The molecule has 0 saturated carbocycles. The molecule has 1 amide bonds. The van der Waals surface area contributed by atoms with Gasteiger partial charge in [0.25, 0.3) is 5.91 Å². The number of carbonyl (C=O) groups is 1. The van der Waals surface area contributed by atoms with E-state index in [-0.39, 0.29) is 18.3 Å². The number of benzene rings is 2. The SMILES string of the molecule is Cc1ccc(OCC(=O)NN=Cc2cc(Br)cc(C)c2O)c(C)c1. The predicted octanol–water partition coefficient (Wildman–Crippen LogP) is 3.61. The van der Waals surface area contributed by atoms with Crippen LogP contribution in [-0.4, -0.2) is 23.8 Å². The second-order valence-electron chi connectivity index (χ2n) is 5.51. The maximum absolute atomic E-state index is 11.8. The maximum atomic E-state index is 11.8. The molecule has 0 bridgehead atoms. The smallest absolute Gasteiger partial charge is 0.277 e. The number of phenolic OH excluding ortho intramolecular Hbond substituents is 1. The van der Waals surface area contributed by atoms with Gasteiger partial charge in [0.1, 0.15) is 11.5 Å². The third kappa shape index (κ3) is 4.83. The lowest BCUT2D eigenvalue weighted by molar-refractivity contribution is -0.123. The highest BCUT2D eigenvalue weighted by molar-refractivity contribution is 9.10. The Hall–Kier alpha value is -2.34. The molecule has 126 valence electrons. The molecule has 0 aliphatic rings. The first kappa shape index (κ1) is 18.0. The van der Waals surface area contributed by atoms with Gasteiger partial charge in [0.2, 0.25) is 0 Å². The molecule has 0 radical (unpaired) electrons. The first-order chi connectivity index (χ1) is 11.4. The predicted molar refractivity (Wildman–Crippen MR) is 97.7 cm³/mol. The van der Waals surface area contributed by atoms with Gasteiger partial charge in [-0.15, -0.1) is 0 Å². The van der Waals surface area contributed by atoms with Crippen LogP contribution in [0.2, 0.25) is 0 Å². The minimum Gasteiger partial charge on any atom is -0.507 e. The van der Waals surface area contributed by atoms with E-state index in [9.17, 15) is 9.90 Å². The Balaban J connectivity index is 1.91. The topological polar surface area (TPSA) is 70.9 Å². The summed E-state index contributed by atoms with van der Waals surface area (Å²) >= 11 is 3.35. The van der Waals surface area contributed by atoms with E-state index in [0.717, 1.165) is 21.2 Å². The molecule has 0 heterocycles. The molecule has 0 aliphatic carbocycles. The molecule has 2 aromatic carbocycles. The van der Waals surface area contributed by atoms with Crippen LogP contribution < -0.4 is 10.2 Å². The van der Waals surface area contributed by atoms with Crippen LogP contribution in [0.15, 0.2) is 39.9 Å². The van der Waals surface area contributed by atoms with Crippen molar-refractivity contribution in [1.82, 2.24) is 5.43 Å². The third-order valence-corrected chi connectivity index (χ3v) is 3.83. The zero-order valence-corrected chi connectivity index (χ0v) is 15.3. The lowest BCUT2D eigenvalue weighted by Gasteiger charge is -2.08. The summed E-state index contributed by atoms with van der Waals surface area (Å²) in [6.07, 6.45) is 1.39. The number of ether oxygens (including phenoxy) is 1. The number of nitrogens with one attached hydrogen (secondary N) is 1. The largest absolute Gasteiger partial charge is 0.507 e. The van der Waals surface area contributed by atoms with Crippen molar-refractivity contribution in [2.24, 2.45) is 5.10 Å². The van der Waals surface area contributed by atoms with Gasteiger partial charge in [-0.1, -0.05) is 33.6 Å². The first-order valence-electron chi connectivity index (χ1n) is 7.38. The van der Waals surface area contributed by atoms with Crippen molar-refractivity contribution < 1.29 is 14.6 Å². The van der Waals surface area contributed by atoms with Gasteiger partial charge in [-0.05, 0) is 50.1 Å². The minimum atomic E-state index is -0.377. The Bertz CT molecular complexity index is 788. The second kappa shape index (κ2) is 7.97. The van der Waals surface area contributed by atoms with Crippen molar-refractivity contribution in [3.8, 4) is 11.5 Å². The zero-order chi connectivity index (χ0) is 17.7. The Labute approximate surface area is 149 Å². The normalized spacial score (nSPS) is 10.8. The summed E-state index contributed by atoms with van der Waals surface area (Å²) in [6.45, 7) is 5.58. The van der Waals surface area contributed by atoms with Crippen LogP contribution in [0.5, 0.6) is 11.5 Å². The number of halogens is 1. The number of phenols is 1. The van der Waals surface area contributed by atoms with Crippen LogP contribution in [0.3, 0.4) is 0 Å². The van der Waals surface area contributed by atoms with E-state index in [1.807, 2.05) is 32.0 Å². The van der Waals surface area contributed by atoms with Gasteiger partial charge in [0.15, 0.2) is 6.61 Å². The molecule has 2 N–H and O–H groups in total. The minimum absolute atomic E-state index is 0.128. The summed E-state index contributed by atoms with van der Waals surface area (Å²) < 4.78 is 6.30. The van der Waals surface area contributed by atoms with Crippen molar-refractivity contribution in [3.63, 3.8) is 0 Å². The van der Waals surface area contributed by atoms with E-state index in [4.69, 9.17) is 4.74 Å². The molecule has 0 aliphatic heterocycles. The molecule has 0 atom stereocenters. The van der Waals surface area contributed by atoms with E-state index in [0.29, 0.717) is 11.3 Å². The van der Waals surface area contributed by atoms with Crippen LogP contribution in [0.25, 0.3) is 0 Å². The summed E-state index contributed by atoms with van der Waals surface area (Å²) in [5, 5.41) is 13.8. The molecular weight excluding hydrogens is 372 g/mol. The summed E-state index contributed by atoms with van der Waals surface area (Å²) in [4.78, 5) is 11.8. The van der Waals surface area contributed by atoms with Gasteiger partial charge in [0, 0.05) is 10.0 Å². The summed E-state index contributed by atoms with van der Waals surface area (Å²) in [6, 6.07) is 9.26. The monoisotopic (exact) mass is 390 g/mol. The molecule has 0 saturated heterocycles. The van der Waals surface area contributed by atoms with Gasteiger partial charge in [-0.3, -0.25) is 4.79 Å². The maximum Gasteiger partial charge on any atom is 0.277 e. The quantitative estimate of drug-likeness (QED) is 0.604. The van der Waals surface area contributed by atoms with Gasteiger partial charge in [-0.2, -0.15) is 5.10 Å². The summed E-state index contributed by atoms with van der Waals surface area (Å²) in [7, 11) is 0. The molecule has 0 fully saturated rings. The molecule has 6 heteroatoms. The molecule has 2 aromatic rings. The number of hydrogen-bond acceptors (Lipinski definition) is 4. The molecule has 2 rings (SSSR count). The van der Waals surface area contributed by atoms with E-state index in [1.54, 1.807) is 19.1 Å². The van der Waals surface area contributed by atoms with Crippen LogP contribution in [-0.2, 0) is 4.79 Å². The standard InChI is InChI=1S/C18H19BrN2O3/c1-11-4-5-16(12(2)6-11)24-10-17(22)21-20-9-14-8-15(19)7-13(3)18(14)23/h4-9,23H,10H2,1-3H3,(H,21,22). The lowest BCUT2D eigenvalue weighted by atomic mass is 10.1. The van der Waals surface area contributed by atoms with Crippen molar-refractivity contribution in [2.75, 3.05) is 6.61 Å². The molecule has 0 unspecified atom stereocenters. The van der Waals surface area contributed by atoms with Crippen molar-refractivity contribution >= 4 is 28.1 Å². The fourth-order valence-electron chi connectivity index (χ4n) is 2.17. The summed E-state index contributed by atoms with van der Waals surface area (Å²) in [5.74, 6) is 0.417. The lowest BCUT2D eigenvalue weighted by Crippen LogP contribution is -2.24. The highest BCUT2D eigenvalue weighted by Crippen LogP contribution is 2.25. The fourth-order valence-corrected chi connectivity index (χ4v) is 2.76. The highest BCUT2D eigenvalue weighted by Gasteiger charge is 2.06. The van der Waals surface area contributed by atoms with Crippen LogP contribution in [0, 0.1) is 20.8 Å². The van der Waals surface area contributed by atoms with E-state index in [2.05, 4.69) is 26.5 Å². The number of hydrazone groups is 1. The van der Waals surface area contributed by atoms with E-state index >= 15 is 0 Å². The average molecular weight is 391 g/mol. The van der Waals surface area contributed by atoms with Crippen LogP contribution >= 0.6 is 15.9 Å². The number of hydrogen-bond donors (Lipinski definition) is 2. The van der Waals surface area contributed by atoms with Gasteiger partial charge >= 0.3 is 0 Å². The fraction of sp³-hybridized carbons (Fsp3) is 0.222. The van der Waals surface area contributed by atoms with E-state index < -0.39 is 0 Å². The third-order valence-electron chi connectivity index (χ3n) is 3.38. The Kier molecular flexibility index (Phi) is 5.98. The second-order valence-corrected chi connectivity index (χ2v) is 6.43. The van der Waals surface area contributed by atoms with Gasteiger partial charge in [0.05, 0.1) is 6.21 Å². The van der Waals surface area contributed by atoms with Crippen molar-refractivity contribution in [2.45, 2.75) is 20.8 Å². The number of aromatic hydroxyl groups is 1. The highest BCUT2D eigenvalue weighted by atomic mass is 79.9. The molecular formula is C18H19BrN2O3. The number of aryl methyl sites for hydroxylation is 3. The average Bonchev–Trinajstić information content (AvgIpc) is 2.51. The van der Waals surface area contributed by atoms with E-state index in [1.165, 1.54) is 6.21 Å². The van der Waals surface area contributed by atoms with Crippen molar-refractivity contribution in [1.29, 1.82) is 0 Å². The van der Waals surface area contributed by atoms with Crippen LogP contribution in [0.4, 0.5) is 0 Å². The molecule has 5 nitrogen and oxygen atoms in total. The Morgan fingerprint density at radius 1 is 1.25 bits per heavy atom. The zero-order valence-electron chi connectivity index (χ0n) is 13.8. The molecule has 0 spiro atoms.